The zero-order chi connectivity index (χ0) is 19.3. The number of alkyl halides is 3. The molecule has 2 aromatic heterocycles. The molecule has 3 rings (SSSR count). The van der Waals surface area contributed by atoms with Crippen LogP contribution in [0.2, 0.25) is 0 Å². The van der Waals surface area contributed by atoms with Gasteiger partial charge in [-0.3, -0.25) is 4.79 Å². The Morgan fingerprint density at radius 2 is 1.96 bits per heavy atom. The fourth-order valence-electron chi connectivity index (χ4n) is 2.37. The van der Waals surface area contributed by atoms with E-state index in [0.29, 0.717) is 13.0 Å². The standard InChI is InChI=1S/C17H15F3N4O2S/c18-17(19,20)26-13-7-2-1-5-11(13)15(25)22-10-4-9-21-14-12-6-3-8-23-16(12)27-24-14/h1-3,5-8H,4,9-10H2,(H,21,24)(H,22,25). The highest BCUT2D eigenvalue weighted by Crippen LogP contribution is 2.26. The lowest BCUT2D eigenvalue weighted by atomic mass is 10.2. The Kier molecular flexibility index (Phi) is 5.75. The van der Waals surface area contributed by atoms with Crippen LogP contribution < -0.4 is 15.4 Å². The second kappa shape index (κ2) is 8.21. The maximum Gasteiger partial charge on any atom is 0.573 e. The summed E-state index contributed by atoms with van der Waals surface area (Å²) in [4.78, 5) is 17.2. The van der Waals surface area contributed by atoms with Crippen LogP contribution in [0, 0.1) is 0 Å². The molecule has 0 spiro atoms. The van der Waals surface area contributed by atoms with E-state index < -0.39 is 18.0 Å². The number of nitrogens with zero attached hydrogens (tertiary/aromatic N) is 2. The van der Waals surface area contributed by atoms with Gasteiger partial charge in [-0.2, -0.15) is 4.37 Å². The van der Waals surface area contributed by atoms with Crippen LogP contribution in [-0.2, 0) is 0 Å². The van der Waals surface area contributed by atoms with E-state index in [1.54, 1.807) is 6.20 Å². The Morgan fingerprint density at radius 1 is 1.15 bits per heavy atom. The summed E-state index contributed by atoms with van der Waals surface area (Å²) in [6.07, 6.45) is -2.60. The van der Waals surface area contributed by atoms with Crippen molar-refractivity contribution in [3.63, 3.8) is 0 Å². The lowest BCUT2D eigenvalue weighted by molar-refractivity contribution is -0.274. The number of anilines is 1. The van der Waals surface area contributed by atoms with Crippen LogP contribution in [0.1, 0.15) is 16.8 Å². The molecule has 3 aromatic rings. The van der Waals surface area contributed by atoms with Gasteiger partial charge in [-0.1, -0.05) is 12.1 Å². The van der Waals surface area contributed by atoms with Gasteiger partial charge in [0, 0.05) is 19.3 Å². The number of para-hydroxylation sites is 1. The molecule has 6 nitrogen and oxygen atoms in total. The molecule has 0 fully saturated rings. The first kappa shape index (κ1) is 18.9. The molecule has 27 heavy (non-hydrogen) atoms. The average Bonchev–Trinajstić information content (AvgIpc) is 3.04. The van der Waals surface area contributed by atoms with Crippen molar-refractivity contribution in [2.75, 3.05) is 18.4 Å². The number of hydrogen-bond donors (Lipinski definition) is 2. The molecule has 2 N–H and O–H groups in total. The fourth-order valence-corrected chi connectivity index (χ4v) is 3.08. The molecule has 142 valence electrons. The average molecular weight is 396 g/mol. The van der Waals surface area contributed by atoms with E-state index >= 15 is 0 Å². The van der Waals surface area contributed by atoms with E-state index in [9.17, 15) is 18.0 Å². The molecule has 0 bridgehead atoms. The van der Waals surface area contributed by atoms with E-state index in [0.717, 1.165) is 22.1 Å². The molecule has 0 unspecified atom stereocenters. The van der Waals surface area contributed by atoms with Crippen LogP contribution in [0.25, 0.3) is 10.2 Å². The minimum atomic E-state index is -4.86. The number of halogens is 3. The number of carbonyl (C=O) groups excluding carboxylic acids is 1. The Bertz CT molecular complexity index is 930. The summed E-state index contributed by atoms with van der Waals surface area (Å²) in [5.41, 5.74) is -0.167. The molecule has 0 saturated carbocycles. The van der Waals surface area contributed by atoms with Gasteiger partial charge in [0.25, 0.3) is 5.91 Å². The first-order chi connectivity index (χ1) is 12.9. The SMILES string of the molecule is O=C(NCCCNc1nsc2ncccc12)c1ccccc1OC(F)(F)F. The molecular formula is C17H15F3N4O2S. The van der Waals surface area contributed by atoms with Gasteiger partial charge in [0.05, 0.1) is 10.9 Å². The zero-order valence-electron chi connectivity index (χ0n) is 13.9. The van der Waals surface area contributed by atoms with Crippen molar-refractivity contribution < 1.29 is 22.7 Å². The van der Waals surface area contributed by atoms with Crippen molar-refractivity contribution in [1.82, 2.24) is 14.7 Å². The molecular weight excluding hydrogens is 381 g/mol. The number of hydrogen-bond acceptors (Lipinski definition) is 6. The van der Waals surface area contributed by atoms with Gasteiger partial charge >= 0.3 is 6.36 Å². The van der Waals surface area contributed by atoms with Crippen LogP contribution in [0.3, 0.4) is 0 Å². The Morgan fingerprint density at radius 3 is 2.78 bits per heavy atom. The van der Waals surface area contributed by atoms with Gasteiger partial charge in [-0.15, -0.1) is 13.2 Å². The predicted octanol–water partition coefficient (Wildman–Crippen LogP) is 3.82. The Hall–Kier alpha value is -2.88. The predicted molar refractivity (Wildman–Crippen MR) is 96.0 cm³/mol. The molecule has 0 aliphatic carbocycles. The van der Waals surface area contributed by atoms with E-state index in [1.165, 1.54) is 29.7 Å². The zero-order valence-corrected chi connectivity index (χ0v) is 14.7. The number of pyridine rings is 1. The molecule has 0 aliphatic rings. The number of carbonyl (C=O) groups is 1. The van der Waals surface area contributed by atoms with Crippen LogP contribution in [-0.4, -0.2) is 34.7 Å². The third-order valence-electron chi connectivity index (χ3n) is 3.54. The molecule has 1 amide bonds. The number of fused-ring (bicyclic) bond motifs is 1. The van der Waals surface area contributed by atoms with Crippen molar-refractivity contribution in [2.24, 2.45) is 0 Å². The van der Waals surface area contributed by atoms with Crippen molar-refractivity contribution in [3.8, 4) is 5.75 Å². The van der Waals surface area contributed by atoms with Crippen LogP contribution in [0.5, 0.6) is 5.75 Å². The monoisotopic (exact) mass is 396 g/mol. The summed E-state index contributed by atoms with van der Waals surface area (Å²) in [7, 11) is 0. The quantitative estimate of drug-likeness (QED) is 0.594. The van der Waals surface area contributed by atoms with Crippen LogP contribution >= 0.6 is 11.5 Å². The molecule has 1 aromatic carbocycles. The second-order valence-electron chi connectivity index (χ2n) is 5.47. The molecule has 0 saturated heterocycles. The van der Waals surface area contributed by atoms with Gasteiger partial charge in [0.1, 0.15) is 16.4 Å². The summed E-state index contributed by atoms with van der Waals surface area (Å²) in [6, 6.07) is 8.96. The highest BCUT2D eigenvalue weighted by molar-refractivity contribution is 7.13. The largest absolute Gasteiger partial charge is 0.573 e. The van der Waals surface area contributed by atoms with Crippen LogP contribution in [0.4, 0.5) is 19.0 Å². The number of amides is 1. The smallest absolute Gasteiger partial charge is 0.405 e. The first-order valence-corrected chi connectivity index (χ1v) is 8.78. The van der Waals surface area contributed by atoms with Gasteiger partial charge in [0.2, 0.25) is 0 Å². The molecule has 0 atom stereocenters. The number of aromatic nitrogens is 2. The summed E-state index contributed by atoms with van der Waals surface area (Å²) in [6.45, 7) is 0.821. The lowest BCUT2D eigenvalue weighted by Gasteiger charge is -2.13. The number of ether oxygens (including phenoxy) is 1. The van der Waals surface area contributed by atoms with Crippen molar-refractivity contribution in [2.45, 2.75) is 12.8 Å². The van der Waals surface area contributed by atoms with Gasteiger partial charge in [0.15, 0.2) is 0 Å². The minimum absolute atomic E-state index is 0.167. The maximum atomic E-state index is 12.4. The van der Waals surface area contributed by atoms with E-state index in [4.69, 9.17) is 0 Å². The third kappa shape index (κ3) is 5.07. The summed E-state index contributed by atoms with van der Waals surface area (Å²) < 4.78 is 45.4. The Balaban J connectivity index is 1.49. The molecule has 0 aliphatic heterocycles. The van der Waals surface area contributed by atoms with Gasteiger partial charge < -0.3 is 15.4 Å². The number of rotatable bonds is 7. The van der Waals surface area contributed by atoms with Crippen LogP contribution in [0.15, 0.2) is 42.6 Å². The number of benzene rings is 1. The van der Waals surface area contributed by atoms with Crippen molar-refractivity contribution in [1.29, 1.82) is 0 Å². The lowest BCUT2D eigenvalue weighted by Crippen LogP contribution is -2.27. The van der Waals surface area contributed by atoms with E-state index in [-0.39, 0.29) is 12.1 Å². The molecule has 10 heteroatoms. The third-order valence-corrected chi connectivity index (χ3v) is 4.31. The van der Waals surface area contributed by atoms with Gasteiger partial charge in [-0.05, 0) is 42.2 Å². The molecule has 0 radical (unpaired) electrons. The van der Waals surface area contributed by atoms with Gasteiger partial charge in [-0.25, -0.2) is 4.98 Å². The summed E-state index contributed by atoms with van der Waals surface area (Å²) in [5, 5.41) is 6.67. The maximum absolute atomic E-state index is 12.4. The van der Waals surface area contributed by atoms with E-state index in [2.05, 4.69) is 24.7 Å². The Labute approximate surface area is 156 Å². The van der Waals surface area contributed by atoms with E-state index in [1.807, 2.05) is 12.1 Å². The van der Waals surface area contributed by atoms with Crippen molar-refractivity contribution in [3.05, 3.63) is 48.2 Å². The first-order valence-electron chi connectivity index (χ1n) is 8.01. The number of nitrogens with one attached hydrogen (secondary N) is 2. The molecule has 2 heterocycles. The normalized spacial score (nSPS) is 11.4. The summed E-state index contributed by atoms with van der Waals surface area (Å²) in [5.74, 6) is -0.432. The highest BCUT2D eigenvalue weighted by atomic mass is 32.1. The topological polar surface area (TPSA) is 76.1 Å². The van der Waals surface area contributed by atoms with Crippen molar-refractivity contribution >= 4 is 33.5 Å². The minimum Gasteiger partial charge on any atom is -0.405 e. The highest BCUT2D eigenvalue weighted by Gasteiger charge is 2.32. The summed E-state index contributed by atoms with van der Waals surface area (Å²) >= 11 is 1.29. The fraction of sp³-hybridized carbons (Fsp3) is 0.235. The second-order valence-corrected chi connectivity index (χ2v) is 6.22.